The summed E-state index contributed by atoms with van der Waals surface area (Å²) in [6, 6.07) is 8.57. The first-order valence-corrected chi connectivity index (χ1v) is 11.8. The maximum Gasteiger partial charge on any atom is 0.229 e. The average Bonchev–Trinajstić information content (AvgIpc) is 2.89. The van der Waals surface area contributed by atoms with Crippen LogP contribution in [0.4, 0.5) is 17.5 Å². The Kier molecular flexibility index (Phi) is 21.5. The molecular weight excluding hydrogens is 452 g/mol. The Bertz CT molecular complexity index is 992. The van der Waals surface area contributed by atoms with Crippen molar-refractivity contribution in [2.75, 3.05) is 17.2 Å². The highest BCUT2D eigenvalue weighted by atomic mass is 16.3. The van der Waals surface area contributed by atoms with Gasteiger partial charge in [0.05, 0.1) is 6.61 Å². The summed E-state index contributed by atoms with van der Waals surface area (Å²) in [4.78, 5) is 8.76. The van der Waals surface area contributed by atoms with Crippen LogP contribution in [0, 0.1) is 6.92 Å². The van der Waals surface area contributed by atoms with Crippen molar-refractivity contribution in [3.8, 4) is 5.75 Å². The number of rotatable bonds is 9. The minimum Gasteiger partial charge on any atom is -0.508 e. The standard InChI is InChI=1S/C17H20N4O2.C8H10O.2C2H6/c1-3-13(5-4-10-22)20-17-18-12(2)11-16(21-17)19-14-6-8-15(23)9-7-14;1-3-5-7-8(9)6-4-2;2*1-2/h3-9,11,22-23H,10H2,1-2H3,(H2,18,19,20,21);3-7,9H,1-2H2;2*1-2H3/b5-4-,13-3+;7-5-,8-6+;;. The second-order valence-corrected chi connectivity index (χ2v) is 6.27. The number of hydrogen-bond acceptors (Lipinski definition) is 7. The van der Waals surface area contributed by atoms with Gasteiger partial charge in [-0.3, -0.25) is 0 Å². The summed E-state index contributed by atoms with van der Waals surface area (Å²) in [7, 11) is 0. The molecule has 1 aromatic carbocycles. The van der Waals surface area contributed by atoms with Crippen molar-refractivity contribution in [1.29, 1.82) is 0 Å². The van der Waals surface area contributed by atoms with Gasteiger partial charge in [-0.25, -0.2) is 4.98 Å². The van der Waals surface area contributed by atoms with Crippen molar-refractivity contribution in [2.45, 2.75) is 41.5 Å². The van der Waals surface area contributed by atoms with Gasteiger partial charge >= 0.3 is 0 Å². The maximum absolute atomic E-state index is 9.31. The second kappa shape index (κ2) is 22.7. The van der Waals surface area contributed by atoms with Crippen LogP contribution in [0.25, 0.3) is 0 Å². The Labute approximate surface area is 216 Å². The van der Waals surface area contributed by atoms with Crippen molar-refractivity contribution >= 4 is 17.5 Å². The number of phenolic OH excluding ortho intramolecular Hbond substituents is 1. The van der Waals surface area contributed by atoms with Crippen LogP contribution < -0.4 is 10.6 Å². The van der Waals surface area contributed by atoms with Crippen LogP contribution in [0.1, 0.15) is 40.3 Å². The highest BCUT2D eigenvalue weighted by Gasteiger charge is 2.04. The monoisotopic (exact) mass is 494 g/mol. The van der Waals surface area contributed by atoms with Crippen LogP contribution in [0.15, 0.2) is 104 Å². The van der Waals surface area contributed by atoms with E-state index in [9.17, 15) is 5.11 Å². The lowest BCUT2D eigenvalue weighted by Gasteiger charge is -2.10. The Balaban J connectivity index is 0. The van der Waals surface area contributed by atoms with Crippen LogP contribution in [0.3, 0.4) is 0 Å². The largest absolute Gasteiger partial charge is 0.508 e. The van der Waals surface area contributed by atoms with Gasteiger partial charge in [0, 0.05) is 23.1 Å². The number of anilines is 3. The van der Waals surface area contributed by atoms with E-state index in [0.717, 1.165) is 17.1 Å². The number of nitrogens with one attached hydrogen (secondary N) is 2. The zero-order chi connectivity index (χ0) is 27.8. The smallest absolute Gasteiger partial charge is 0.229 e. The predicted molar refractivity (Wildman–Crippen MR) is 155 cm³/mol. The van der Waals surface area contributed by atoms with Gasteiger partial charge in [-0.15, -0.1) is 0 Å². The molecule has 0 radical (unpaired) electrons. The molecule has 0 aliphatic carbocycles. The Morgan fingerprint density at radius 2 is 1.64 bits per heavy atom. The van der Waals surface area contributed by atoms with Crippen molar-refractivity contribution in [1.82, 2.24) is 9.97 Å². The van der Waals surface area contributed by atoms with Crippen LogP contribution >= 0.6 is 0 Å². The van der Waals surface area contributed by atoms with E-state index in [4.69, 9.17) is 10.2 Å². The van der Waals surface area contributed by atoms with E-state index in [-0.39, 0.29) is 18.1 Å². The van der Waals surface area contributed by atoms with E-state index in [1.807, 2.05) is 53.7 Å². The third-order valence-corrected chi connectivity index (χ3v) is 3.66. The number of allylic oxidation sites excluding steroid dienone is 7. The third-order valence-electron chi connectivity index (χ3n) is 3.66. The molecule has 0 unspecified atom stereocenters. The van der Waals surface area contributed by atoms with Crippen molar-refractivity contribution in [2.24, 2.45) is 0 Å². The molecule has 0 bridgehead atoms. The zero-order valence-electron chi connectivity index (χ0n) is 22.4. The van der Waals surface area contributed by atoms with E-state index in [1.165, 1.54) is 18.2 Å². The molecule has 0 spiro atoms. The SMILES string of the molecule is C/C=C(\C=C/CO)Nc1nc(C)cc(Nc2ccc(O)cc2)n1.C=C/C=C\C(O)=C/C=C.CC.CC. The molecule has 1 aromatic heterocycles. The number of hydrogen-bond donors (Lipinski definition) is 5. The Morgan fingerprint density at radius 3 is 2.17 bits per heavy atom. The molecule has 0 saturated carbocycles. The molecule has 196 valence electrons. The lowest BCUT2D eigenvalue weighted by Crippen LogP contribution is -2.05. The summed E-state index contributed by atoms with van der Waals surface area (Å²) in [6.45, 7) is 18.6. The molecular formula is C29H42N4O3. The van der Waals surface area contributed by atoms with Gasteiger partial charge in [-0.1, -0.05) is 71.2 Å². The minimum absolute atomic E-state index is 0.0264. The molecule has 7 heteroatoms. The number of aliphatic hydroxyl groups excluding tert-OH is 2. The van der Waals surface area contributed by atoms with E-state index < -0.39 is 0 Å². The van der Waals surface area contributed by atoms with Crippen molar-refractivity contribution in [3.63, 3.8) is 0 Å². The topological polar surface area (TPSA) is 111 Å². The molecule has 0 fully saturated rings. The molecule has 2 aromatic rings. The number of phenols is 1. The number of aromatic nitrogens is 2. The van der Waals surface area contributed by atoms with Crippen LogP contribution in [0.5, 0.6) is 5.75 Å². The van der Waals surface area contributed by atoms with Gasteiger partial charge in [0.1, 0.15) is 17.3 Å². The molecule has 0 saturated heterocycles. The predicted octanol–water partition coefficient (Wildman–Crippen LogP) is 7.51. The number of aryl methyl sites for hydroxylation is 1. The number of aromatic hydroxyl groups is 1. The molecule has 2 rings (SSSR count). The fourth-order valence-electron chi connectivity index (χ4n) is 2.24. The van der Waals surface area contributed by atoms with Crippen molar-refractivity contribution in [3.05, 3.63) is 109 Å². The summed E-state index contributed by atoms with van der Waals surface area (Å²) in [5.41, 5.74) is 2.42. The summed E-state index contributed by atoms with van der Waals surface area (Å²) in [6.07, 6.45) is 13.1. The first kappa shape index (κ1) is 34.1. The Morgan fingerprint density at radius 1 is 1.00 bits per heavy atom. The Hall–Kier alpha value is -4.10. The van der Waals surface area contributed by atoms with Crippen LogP contribution in [0.2, 0.25) is 0 Å². The number of aliphatic hydroxyl groups is 2. The van der Waals surface area contributed by atoms with Crippen molar-refractivity contribution < 1.29 is 15.3 Å². The van der Waals surface area contributed by atoms with Gasteiger partial charge < -0.3 is 26.0 Å². The summed E-state index contributed by atoms with van der Waals surface area (Å²) < 4.78 is 0. The molecule has 0 aliphatic rings. The van der Waals surface area contributed by atoms with E-state index in [1.54, 1.807) is 48.6 Å². The normalized spacial score (nSPS) is 10.8. The molecule has 1 heterocycles. The van der Waals surface area contributed by atoms with Gasteiger partial charge in [-0.2, -0.15) is 4.98 Å². The number of benzene rings is 1. The molecule has 0 amide bonds. The molecule has 36 heavy (non-hydrogen) atoms. The van der Waals surface area contributed by atoms with Crippen LogP contribution in [-0.2, 0) is 0 Å². The second-order valence-electron chi connectivity index (χ2n) is 6.27. The van der Waals surface area contributed by atoms with Crippen LogP contribution in [-0.4, -0.2) is 31.9 Å². The van der Waals surface area contributed by atoms with E-state index in [2.05, 4.69) is 33.8 Å². The van der Waals surface area contributed by atoms with E-state index in [0.29, 0.717) is 11.8 Å². The van der Waals surface area contributed by atoms with Gasteiger partial charge in [0.15, 0.2) is 0 Å². The minimum atomic E-state index is -0.0264. The lowest BCUT2D eigenvalue weighted by molar-refractivity contribution is 0.342. The highest BCUT2D eigenvalue weighted by molar-refractivity contribution is 5.59. The van der Waals surface area contributed by atoms with Gasteiger partial charge in [0.2, 0.25) is 5.95 Å². The molecule has 0 aliphatic heterocycles. The maximum atomic E-state index is 9.31. The lowest BCUT2D eigenvalue weighted by atomic mass is 10.3. The molecule has 0 atom stereocenters. The number of nitrogens with zero attached hydrogens (tertiary/aromatic N) is 2. The molecule has 7 nitrogen and oxygen atoms in total. The highest BCUT2D eigenvalue weighted by Crippen LogP contribution is 2.19. The first-order valence-electron chi connectivity index (χ1n) is 11.8. The average molecular weight is 495 g/mol. The summed E-state index contributed by atoms with van der Waals surface area (Å²) in [5.74, 6) is 1.50. The third kappa shape index (κ3) is 16.5. The zero-order valence-corrected chi connectivity index (χ0v) is 22.4. The van der Waals surface area contributed by atoms with Gasteiger partial charge in [-0.05, 0) is 56.3 Å². The summed E-state index contributed by atoms with van der Waals surface area (Å²) >= 11 is 0. The first-order chi connectivity index (χ1) is 17.4. The van der Waals surface area contributed by atoms with E-state index >= 15 is 0 Å². The van der Waals surface area contributed by atoms with Gasteiger partial charge in [0.25, 0.3) is 0 Å². The summed E-state index contributed by atoms with van der Waals surface area (Å²) in [5, 5.41) is 33.3. The fourth-order valence-corrected chi connectivity index (χ4v) is 2.24. The fraction of sp³-hybridized carbons (Fsp3) is 0.241. The molecule has 5 N–H and O–H groups in total. The quantitative estimate of drug-likeness (QED) is 0.139.